The van der Waals surface area contributed by atoms with Crippen molar-refractivity contribution in [3.05, 3.63) is 18.2 Å². The van der Waals surface area contributed by atoms with E-state index in [0.29, 0.717) is 0 Å². The van der Waals surface area contributed by atoms with E-state index in [0.717, 1.165) is 44.4 Å². The Kier molecular flexibility index (Phi) is 5.58. The molecule has 2 N–H and O–H groups in total. The van der Waals surface area contributed by atoms with Crippen LogP contribution in [-0.4, -0.2) is 35.1 Å². The van der Waals surface area contributed by atoms with Crippen LogP contribution in [0.15, 0.2) is 17.4 Å². The number of guanidine groups is 1. The second-order valence-electron chi connectivity index (χ2n) is 3.61. The molecule has 1 aromatic rings. The molecule has 0 saturated carbocycles. The van der Waals surface area contributed by atoms with Gasteiger partial charge in [0.15, 0.2) is 5.96 Å². The Morgan fingerprint density at radius 1 is 1.56 bits per heavy atom. The molecule has 0 aliphatic carbocycles. The summed E-state index contributed by atoms with van der Waals surface area (Å²) in [5, 5.41) is 6.51. The quantitative estimate of drug-likeness (QED) is 0.802. The average Bonchev–Trinajstić information content (AvgIpc) is 2.66. The molecule has 2 heterocycles. The van der Waals surface area contributed by atoms with Crippen LogP contribution < -0.4 is 10.6 Å². The molecule has 0 fully saturated rings. The first-order valence-corrected chi connectivity index (χ1v) is 5.36. The van der Waals surface area contributed by atoms with Gasteiger partial charge in [-0.05, 0) is 13.3 Å². The van der Waals surface area contributed by atoms with E-state index < -0.39 is 0 Å². The Hall–Kier alpha value is -0.790. The van der Waals surface area contributed by atoms with Crippen LogP contribution in [0.5, 0.6) is 0 Å². The largest absolute Gasteiger partial charge is 0.356 e. The number of aryl methyl sites for hydroxylation is 1. The van der Waals surface area contributed by atoms with Gasteiger partial charge in [-0.15, -0.1) is 24.0 Å². The summed E-state index contributed by atoms with van der Waals surface area (Å²) in [5.41, 5.74) is 0. The van der Waals surface area contributed by atoms with E-state index >= 15 is 0 Å². The standard InChI is InChI=1S/C10H17N5.HI/c1-9-11-5-7-15(9)8-6-14-10-12-3-2-4-13-10;/h5,7H,2-4,6,8H2,1H3,(H2,12,13,14);1H. The normalized spacial score (nSPS) is 14.7. The number of aliphatic imine (C=N–C) groups is 1. The zero-order valence-corrected chi connectivity index (χ0v) is 11.8. The Labute approximate surface area is 113 Å². The van der Waals surface area contributed by atoms with Crippen molar-refractivity contribution in [3.63, 3.8) is 0 Å². The summed E-state index contributed by atoms with van der Waals surface area (Å²) in [4.78, 5) is 8.51. The fourth-order valence-electron chi connectivity index (χ4n) is 1.59. The van der Waals surface area contributed by atoms with E-state index in [2.05, 4.69) is 25.2 Å². The van der Waals surface area contributed by atoms with Gasteiger partial charge in [-0.3, -0.25) is 4.99 Å². The molecule has 0 saturated heterocycles. The molecule has 5 nitrogen and oxygen atoms in total. The molecule has 0 bridgehead atoms. The van der Waals surface area contributed by atoms with Gasteiger partial charge in [0, 0.05) is 38.6 Å². The van der Waals surface area contributed by atoms with Crippen LogP contribution in [-0.2, 0) is 6.54 Å². The number of rotatable bonds is 3. The van der Waals surface area contributed by atoms with Gasteiger partial charge < -0.3 is 15.2 Å². The second kappa shape index (κ2) is 6.72. The molecule has 1 aromatic heterocycles. The van der Waals surface area contributed by atoms with Crippen molar-refractivity contribution in [1.82, 2.24) is 20.2 Å². The van der Waals surface area contributed by atoms with Crippen molar-refractivity contribution in [3.8, 4) is 0 Å². The van der Waals surface area contributed by atoms with Crippen LogP contribution in [0, 0.1) is 6.92 Å². The number of imidazole rings is 1. The van der Waals surface area contributed by atoms with Crippen molar-refractivity contribution in [2.75, 3.05) is 19.6 Å². The molecule has 0 unspecified atom stereocenters. The fourth-order valence-corrected chi connectivity index (χ4v) is 1.59. The Bertz CT molecular complexity index is 347. The SMILES string of the molecule is Cc1nccn1CCNC1=NCCCN1.I. The number of hydrogen-bond acceptors (Lipinski definition) is 4. The first kappa shape index (κ1) is 13.3. The highest BCUT2D eigenvalue weighted by Gasteiger charge is 2.02. The minimum Gasteiger partial charge on any atom is -0.356 e. The summed E-state index contributed by atoms with van der Waals surface area (Å²) in [6.07, 6.45) is 4.95. The first-order valence-electron chi connectivity index (χ1n) is 5.36. The Morgan fingerprint density at radius 3 is 3.06 bits per heavy atom. The third-order valence-electron chi connectivity index (χ3n) is 2.47. The minimum atomic E-state index is 0. The van der Waals surface area contributed by atoms with Crippen LogP contribution in [0.1, 0.15) is 12.2 Å². The third kappa shape index (κ3) is 3.66. The van der Waals surface area contributed by atoms with E-state index in [1.54, 1.807) is 0 Å². The number of halogens is 1. The van der Waals surface area contributed by atoms with Crippen LogP contribution in [0.4, 0.5) is 0 Å². The van der Waals surface area contributed by atoms with E-state index in [1.807, 2.05) is 19.3 Å². The molecular weight excluding hydrogens is 317 g/mol. The summed E-state index contributed by atoms with van der Waals surface area (Å²) < 4.78 is 2.12. The maximum atomic E-state index is 4.34. The van der Waals surface area contributed by atoms with E-state index in [-0.39, 0.29) is 24.0 Å². The molecule has 0 amide bonds. The molecule has 0 radical (unpaired) electrons. The lowest BCUT2D eigenvalue weighted by Crippen LogP contribution is -2.41. The van der Waals surface area contributed by atoms with Crippen molar-refractivity contribution in [2.45, 2.75) is 19.9 Å². The summed E-state index contributed by atoms with van der Waals surface area (Å²) in [7, 11) is 0. The van der Waals surface area contributed by atoms with Crippen molar-refractivity contribution in [1.29, 1.82) is 0 Å². The summed E-state index contributed by atoms with van der Waals surface area (Å²) in [6.45, 7) is 5.77. The van der Waals surface area contributed by atoms with Crippen LogP contribution in [0.25, 0.3) is 0 Å². The molecule has 1 aliphatic heterocycles. The Balaban J connectivity index is 0.00000128. The molecule has 0 atom stereocenters. The lowest BCUT2D eigenvalue weighted by molar-refractivity contribution is 0.632. The number of nitrogens with one attached hydrogen (secondary N) is 2. The second-order valence-corrected chi connectivity index (χ2v) is 3.61. The number of hydrogen-bond donors (Lipinski definition) is 2. The summed E-state index contributed by atoms with van der Waals surface area (Å²) >= 11 is 0. The Morgan fingerprint density at radius 2 is 2.44 bits per heavy atom. The number of nitrogens with zero attached hydrogens (tertiary/aromatic N) is 3. The van der Waals surface area contributed by atoms with Gasteiger partial charge in [-0.1, -0.05) is 0 Å². The van der Waals surface area contributed by atoms with Gasteiger partial charge in [0.05, 0.1) is 0 Å². The number of aromatic nitrogens is 2. The van der Waals surface area contributed by atoms with Gasteiger partial charge in [-0.25, -0.2) is 4.98 Å². The van der Waals surface area contributed by atoms with Gasteiger partial charge in [0.25, 0.3) is 0 Å². The predicted octanol–water partition coefficient (Wildman–Crippen LogP) is 0.748. The van der Waals surface area contributed by atoms with Gasteiger partial charge in [-0.2, -0.15) is 0 Å². The molecular formula is C10H18IN5. The van der Waals surface area contributed by atoms with E-state index in [9.17, 15) is 0 Å². The maximum Gasteiger partial charge on any atom is 0.191 e. The molecule has 0 aromatic carbocycles. The molecule has 90 valence electrons. The smallest absolute Gasteiger partial charge is 0.191 e. The van der Waals surface area contributed by atoms with E-state index in [4.69, 9.17) is 0 Å². The lowest BCUT2D eigenvalue weighted by atomic mass is 10.4. The van der Waals surface area contributed by atoms with Gasteiger partial charge >= 0.3 is 0 Å². The first-order chi connectivity index (χ1) is 7.36. The summed E-state index contributed by atoms with van der Waals surface area (Å²) in [6, 6.07) is 0. The highest BCUT2D eigenvalue weighted by atomic mass is 127. The summed E-state index contributed by atoms with van der Waals surface area (Å²) in [5.74, 6) is 1.98. The fraction of sp³-hybridized carbons (Fsp3) is 0.600. The topological polar surface area (TPSA) is 54.2 Å². The zero-order chi connectivity index (χ0) is 10.5. The van der Waals surface area contributed by atoms with Crippen LogP contribution in [0.3, 0.4) is 0 Å². The van der Waals surface area contributed by atoms with Gasteiger partial charge in [0.1, 0.15) is 5.82 Å². The van der Waals surface area contributed by atoms with Gasteiger partial charge in [0.2, 0.25) is 0 Å². The van der Waals surface area contributed by atoms with Crippen LogP contribution >= 0.6 is 24.0 Å². The van der Waals surface area contributed by atoms with Crippen LogP contribution in [0.2, 0.25) is 0 Å². The predicted molar refractivity (Wildman–Crippen MR) is 75.3 cm³/mol. The third-order valence-corrected chi connectivity index (χ3v) is 2.47. The zero-order valence-electron chi connectivity index (χ0n) is 9.44. The van der Waals surface area contributed by atoms with Crippen molar-refractivity contribution >= 4 is 29.9 Å². The highest BCUT2D eigenvalue weighted by Crippen LogP contribution is 1.93. The minimum absolute atomic E-state index is 0. The van der Waals surface area contributed by atoms with Crippen molar-refractivity contribution in [2.24, 2.45) is 4.99 Å². The molecule has 2 rings (SSSR count). The molecule has 0 spiro atoms. The van der Waals surface area contributed by atoms with Crippen molar-refractivity contribution < 1.29 is 0 Å². The molecule has 1 aliphatic rings. The lowest BCUT2D eigenvalue weighted by Gasteiger charge is -2.16. The van der Waals surface area contributed by atoms with E-state index in [1.165, 1.54) is 0 Å². The maximum absolute atomic E-state index is 4.34. The highest BCUT2D eigenvalue weighted by molar-refractivity contribution is 14.0. The average molecular weight is 335 g/mol. The molecule has 16 heavy (non-hydrogen) atoms. The monoisotopic (exact) mass is 335 g/mol. The molecule has 6 heteroatoms.